The molecule has 1 rings (SSSR count). The molecule has 0 aliphatic carbocycles. The summed E-state index contributed by atoms with van der Waals surface area (Å²) in [4.78, 5) is 13.9. The molecule has 1 N–H and O–H groups in total. The SMILES string of the molecule is CN(Cc1cccs1)C(=O)CNCC(F)(F)F. The lowest BCUT2D eigenvalue weighted by atomic mass is 10.4. The third-order valence-corrected chi connectivity index (χ3v) is 2.86. The molecule has 7 heteroatoms. The van der Waals surface area contributed by atoms with Crippen molar-refractivity contribution in [1.82, 2.24) is 10.2 Å². The number of halogens is 3. The molecule has 96 valence electrons. The van der Waals surface area contributed by atoms with Crippen molar-refractivity contribution in [2.24, 2.45) is 0 Å². The zero-order chi connectivity index (χ0) is 12.9. The van der Waals surface area contributed by atoms with Gasteiger partial charge in [0.25, 0.3) is 0 Å². The third kappa shape index (κ3) is 5.69. The minimum atomic E-state index is -4.29. The Morgan fingerprint density at radius 3 is 2.76 bits per heavy atom. The highest BCUT2D eigenvalue weighted by Crippen LogP contribution is 2.12. The van der Waals surface area contributed by atoms with Gasteiger partial charge in [-0.25, -0.2) is 0 Å². The van der Waals surface area contributed by atoms with Crippen LogP contribution in [-0.4, -0.2) is 37.1 Å². The van der Waals surface area contributed by atoms with E-state index < -0.39 is 12.7 Å². The number of alkyl halides is 3. The normalized spacial score (nSPS) is 11.5. The molecule has 1 heterocycles. The van der Waals surface area contributed by atoms with Gasteiger partial charge < -0.3 is 10.2 Å². The molecule has 3 nitrogen and oxygen atoms in total. The average Bonchev–Trinajstić information content (AvgIpc) is 2.68. The van der Waals surface area contributed by atoms with E-state index in [4.69, 9.17) is 0 Å². The molecular weight excluding hydrogens is 253 g/mol. The highest BCUT2D eigenvalue weighted by Gasteiger charge is 2.26. The molecule has 0 spiro atoms. The first kappa shape index (κ1) is 14.0. The van der Waals surface area contributed by atoms with Crippen LogP contribution in [0.4, 0.5) is 13.2 Å². The van der Waals surface area contributed by atoms with Crippen molar-refractivity contribution in [2.45, 2.75) is 12.7 Å². The number of hydrogen-bond acceptors (Lipinski definition) is 3. The van der Waals surface area contributed by atoms with Gasteiger partial charge in [-0.2, -0.15) is 13.2 Å². The van der Waals surface area contributed by atoms with Crippen LogP contribution in [0.2, 0.25) is 0 Å². The van der Waals surface area contributed by atoms with Crippen LogP contribution in [0, 0.1) is 0 Å². The van der Waals surface area contributed by atoms with E-state index in [9.17, 15) is 18.0 Å². The maximum absolute atomic E-state index is 11.8. The van der Waals surface area contributed by atoms with Crippen LogP contribution in [-0.2, 0) is 11.3 Å². The minimum absolute atomic E-state index is 0.304. The summed E-state index contributed by atoms with van der Waals surface area (Å²) in [5.74, 6) is -0.359. The van der Waals surface area contributed by atoms with Gasteiger partial charge >= 0.3 is 6.18 Å². The number of carbonyl (C=O) groups excluding carboxylic acids is 1. The van der Waals surface area contributed by atoms with Crippen molar-refractivity contribution >= 4 is 17.2 Å². The first-order valence-electron chi connectivity index (χ1n) is 4.92. The van der Waals surface area contributed by atoms with E-state index in [2.05, 4.69) is 5.32 Å². The lowest BCUT2D eigenvalue weighted by molar-refractivity contribution is -0.133. The van der Waals surface area contributed by atoms with Crippen molar-refractivity contribution in [3.05, 3.63) is 22.4 Å². The second-order valence-electron chi connectivity index (χ2n) is 3.55. The summed E-state index contributed by atoms with van der Waals surface area (Å²) >= 11 is 1.50. The Morgan fingerprint density at radius 2 is 2.24 bits per heavy atom. The first-order valence-corrected chi connectivity index (χ1v) is 5.80. The highest BCUT2D eigenvalue weighted by molar-refractivity contribution is 7.09. The van der Waals surface area contributed by atoms with Crippen LogP contribution in [0.15, 0.2) is 17.5 Å². The van der Waals surface area contributed by atoms with E-state index in [0.29, 0.717) is 6.54 Å². The monoisotopic (exact) mass is 266 g/mol. The molecule has 0 aliphatic rings. The number of hydrogen-bond donors (Lipinski definition) is 1. The summed E-state index contributed by atoms with van der Waals surface area (Å²) in [5, 5.41) is 3.96. The topological polar surface area (TPSA) is 32.3 Å². The molecule has 0 fully saturated rings. The van der Waals surface area contributed by atoms with Crippen LogP contribution in [0.3, 0.4) is 0 Å². The van der Waals surface area contributed by atoms with E-state index in [-0.39, 0.29) is 12.5 Å². The Balaban J connectivity index is 2.28. The van der Waals surface area contributed by atoms with E-state index in [1.165, 1.54) is 16.2 Å². The smallest absolute Gasteiger partial charge is 0.340 e. The van der Waals surface area contributed by atoms with E-state index in [0.717, 1.165) is 4.88 Å². The number of nitrogens with one attached hydrogen (secondary N) is 1. The van der Waals surface area contributed by atoms with Gasteiger partial charge in [0.05, 0.1) is 19.6 Å². The number of rotatable bonds is 5. The molecule has 0 aliphatic heterocycles. The van der Waals surface area contributed by atoms with Gasteiger partial charge in [-0.05, 0) is 11.4 Å². The predicted molar refractivity (Wildman–Crippen MR) is 59.7 cm³/mol. The maximum atomic E-state index is 11.8. The van der Waals surface area contributed by atoms with Crippen LogP contribution in [0.5, 0.6) is 0 Å². The summed E-state index contributed by atoms with van der Waals surface area (Å²) in [7, 11) is 1.57. The molecule has 0 radical (unpaired) electrons. The van der Waals surface area contributed by atoms with E-state index >= 15 is 0 Å². The third-order valence-electron chi connectivity index (χ3n) is 2.00. The maximum Gasteiger partial charge on any atom is 0.401 e. The summed E-state index contributed by atoms with van der Waals surface area (Å²) < 4.78 is 35.5. The predicted octanol–water partition coefficient (Wildman–Crippen LogP) is 1.86. The van der Waals surface area contributed by atoms with Gasteiger partial charge in [0.1, 0.15) is 0 Å². The largest absolute Gasteiger partial charge is 0.401 e. The molecule has 0 saturated carbocycles. The van der Waals surface area contributed by atoms with Crippen LogP contribution in [0.1, 0.15) is 4.88 Å². The van der Waals surface area contributed by atoms with E-state index in [1.807, 2.05) is 17.5 Å². The fraction of sp³-hybridized carbons (Fsp3) is 0.500. The Kier molecular flexibility index (Phi) is 4.95. The minimum Gasteiger partial charge on any atom is -0.340 e. The number of thiophene rings is 1. The molecule has 1 amide bonds. The van der Waals surface area contributed by atoms with Gasteiger partial charge in [-0.3, -0.25) is 4.79 Å². The summed E-state index contributed by atoms with van der Waals surface area (Å²) in [6.07, 6.45) is -4.29. The summed E-state index contributed by atoms with van der Waals surface area (Å²) in [5.41, 5.74) is 0. The molecule has 0 unspecified atom stereocenters. The summed E-state index contributed by atoms with van der Waals surface area (Å²) in [6, 6.07) is 3.73. The zero-order valence-corrected chi connectivity index (χ0v) is 10.1. The number of carbonyl (C=O) groups is 1. The molecule has 0 bridgehead atoms. The number of nitrogens with zero attached hydrogens (tertiary/aromatic N) is 1. The average molecular weight is 266 g/mol. The number of likely N-dealkylation sites (N-methyl/N-ethyl adjacent to an activating group) is 1. The van der Waals surface area contributed by atoms with Crippen LogP contribution >= 0.6 is 11.3 Å². The van der Waals surface area contributed by atoms with Gasteiger partial charge in [0.15, 0.2) is 0 Å². The molecule has 0 aromatic carbocycles. The van der Waals surface area contributed by atoms with Crippen LogP contribution < -0.4 is 5.32 Å². The van der Waals surface area contributed by atoms with Gasteiger partial charge in [0, 0.05) is 11.9 Å². The van der Waals surface area contributed by atoms with Crippen molar-refractivity contribution in [3.8, 4) is 0 Å². The second-order valence-corrected chi connectivity index (χ2v) is 4.58. The lowest BCUT2D eigenvalue weighted by Crippen LogP contribution is -2.38. The zero-order valence-electron chi connectivity index (χ0n) is 9.25. The van der Waals surface area contributed by atoms with Crippen molar-refractivity contribution in [2.75, 3.05) is 20.1 Å². The molecule has 17 heavy (non-hydrogen) atoms. The van der Waals surface area contributed by atoms with Gasteiger partial charge in [-0.15, -0.1) is 11.3 Å². The standard InChI is InChI=1S/C10H13F3N2OS/c1-15(6-8-3-2-4-17-8)9(16)5-14-7-10(11,12)13/h2-4,14H,5-7H2,1H3. The fourth-order valence-electron chi connectivity index (χ4n) is 1.17. The molecular formula is C10H13F3N2OS. The van der Waals surface area contributed by atoms with Crippen LogP contribution in [0.25, 0.3) is 0 Å². The quantitative estimate of drug-likeness (QED) is 0.882. The summed E-state index contributed by atoms with van der Waals surface area (Å²) in [6.45, 7) is -1.03. The molecule has 1 aromatic rings. The Morgan fingerprint density at radius 1 is 1.53 bits per heavy atom. The van der Waals surface area contributed by atoms with Crippen molar-refractivity contribution in [3.63, 3.8) is 0 Å². The molecule has 0 saturated heterocycles. The Hall–Kier alpha value is -1.08. The molecule has 0 atom stereocenters. The Bertz CT molecular complexity index is 351. The van der Waals surface area contributed by atoms with E-state index in [1.54, 1.807) is 7.05 Å². The van der Waals surface area contributed by atoms with Crippen molar-refractivity contribution < 1.29 is 18.0 Å². The number of amides is 1. The fourth-order valence-corrected chi connectivity index (χ4v) is 1.93. The molecule has 1 aromatic heterocycles. The van der Waals surface area contributed by atoms with Gasteiger partial charge in [-0.1, -0.05) is 6.07 Å². The Labute approximate surface area is 101 Å². The van der Waals surface area contributed by atoms with Crippen molar-refractivity contribution in [1.29, 1.82) is 0 Å². The second kappa shape index (κ2) is 6.02. The highest BCUT2D eigenvalue weighted by atomic mass is 32.1. The first-order chi connectivity index (χ1) is 7.88. The lowest BCUT2D eigenvalue weighted by Gasteiger charge is -2.17. The van der Waals surface area contributed by atoms with Gasteiger partial charge in [0.2, 0.25) is 5.91 Å².